The van der Waals surface area contributed by atoms with Crippen LogP contribution >= 0.6 is 11.3 Å². The van der Waals surface area contributed by atoms with Crippen molar-refractivity contribution in [2.45, 2.75) is 53.4 Å². The molecule has 0 bridgehead atoms. The molecule has 29 heavy (non-hydrogen) atoms. The van der Waals surface area contributed by atoms with Crippen molar-refractivity contribution in [3.63, 3.8) is 0 Å². The first-order chi connectivity index (χ1) is 13.9. The van der Waals surface area contributed by atoms with Gasteiger partial charge in [0.2, 0.25) is 0 Å². The van der Waals surface area contributed by atoms with Crippen molar-refractivity contribution in [3.8, 4) is 5.00 Å². The van der Waals surface area contributed by atoms with Crippen LogP contribution in [0.25, 0.3) is 5.00 Å². The summed E-state index contributed by atoms with van der Waals surface area (Å²) < 4.78 is 2.09. The van der Waals surface area contributed by atoms with Gasteiger partial charge in [0.15, 0.2) is 0 Å². The highest BCUT2D eigenvalue weighted by molar-refractivity contribution is 7.15. The summed E-state index contributed by atoms with van der Waals surface area (Å²) in [5, 5.41) is 10.8. The second kappa shape index (κ2) is 7.64. The fraction of sp³-hybridized carbons (Fsp3) is 0.333. The molecule has 4 nitrogen and oxygen atoms in total. The molecule has 0 amide bonds. The Bertz CT molecular complexity index is 1130. The molecule has 2 heterocycles. The van der Waals surface area contributed by atoms with Gasteiger partial charge in [-0.15, -0.1) is 11.3 Å². The number of aromatic carboxylic acids is 1. The number of hydrogen-bond acceptors (Lipinski definition) is 3. The minimum absolute atomic E-state index is 0.490. The highest BCUT2D eigenvalue weighted by Gasteiger charge is 2.27. The van der Waals surface area contributed by atoms with Gasteiger partial charge in [-0.25, -0.2) is 4.79 Å². The number of thiophene rings is 1. The first-order valence-electron chi connectivity index (χ1n) is 10.0. The smallest absolute Gasteiger partial charge is 0.339 e. The summed E-state index contributed by atoms with van der Waals surface area (Å²) in [4.78, 5) is 18.0. The van der Waals surface area contributed by atoms with Gasteiger partial charge in [-0.3, -0.25) is 4.99 Å². The van der Waals surface area contributed by atoms with Crippen molar-refractivity contribution in [3.05, 3.63) is 68.3 Å². The summed E-state index contributed by atoms with van der Waals surface area (Å²) >= 11 is 1.64. The van der Waals surface area contributed by atoms with E-state index in [-0.39, 0.29) is 0 Å². The molecule has 1 aliphatic carbocycles. The highest BCUT2D eigenvalue weighted by atomic mass is 32.1. The van der Waals surface area contributed by atoms with E-state index in [1.54, 1.807) is 11.3 Å². The zero-order valence-electron chi connectivity index (χ0n) is 17.4. The Morgan fingerprint density at radius 3 is 2.59 bits per heavy atom. The van der Waals surface area contributed by atoms with Gasteiger partial charge in [0.1, 0.15) is 5.00 Å². The van der Waals surface area contributed by atoms with Crippen molar-refractivity contribution < 1.29 is 9.90 Å². The van der Waals surface area contributed by atoms with Crippen LogP contribution in [0.5, 0.6) is 0 Å². The average Bonchev–Trinajstić information content (AvgIpc) is 3.19. The number of carboxylic acid groups (broad SMARTS) is 1. The van der Waals surface area contributed by atoms with Crippen LogP contribution < -0.4 is 0 Å². The van der Waals surface area contributed by atoms with E-state index >= 15 is 0 Å². The molecule has 4 rings (SSSR count). The van der Waals surface area contributed by atoms with Crippen molar-refractivity contribution in [2.24, 2.45) is 4.99 Å². The fourth-order valence-electron chi connectivity index (χ4n) is 4.11. The fourth-order valence-corrected chi connectivity index (χ4v) is 5.60. The number of benzene rings is 1. The third kappa shape index (κ3) is 3.55. The molecule has 0 saturated heterocycles. The predicted molar refractivity (Wildman–Crippen MR) is 120 cm³/mol. The van der Waals surface area contributed by atoms with Crippen LogP contribution in [-0.2, 0) is 12.8 Å². The van der Waals surface area contributed by atoms with E-state index in [9.17, 15) is 9.90 Å². The summed E-state index contributed by atoms with van der Waals surface area (Å²) in [7, 11) is 0. The molecule has 5 heteroatoms. The predicted octanol–water partition coefficient (Wildman–Crippen LogP) is 6.10. The second-order valence-corrected chi connectivity index (χ2v) is 8.97. The Balaban J connectivity index is 1.77. The maximum absolute atomic E-state index is 12.1. The van der Waals surface area contributed by atoms with Crippen molar-refractivity contribution in [2.75, 3.05) is 0 Å². The Labute approximate surface area is 175 Å². The summed E-state index contributed by atoms with van der Waals surface area (Å²) in [6, 6.07) is 8.28. The normalized spacial score (nSPS) is 13.8. The number of rotatable bonds is 4. The number of fused-ring (bicyclic) bond motifs is 1. The topological polar surface area (TPSA) is 54.6 Å². The van der Waals surface area contributed by atoms with Crippen LogP contribution in [0.15, 0.2) is 29.3 Å². The van der Waals surface area contributed by atoms with Gasteiger partial charge in [-0.2, -0.15) is 0 Å². The van der Waals surface area contributed by atoms with Gasteiger partial charge in [-0.1, -0.05) is 6.07 Å². The summed E-state index contributed by atoms with van der Waals surface area (Å²) in [6.45, 7) is 8.26. The monoisotopic (exact) mass is 406 g/mol. The zero-order valence-corrected chi connectivity index (χ0v) is 18.2. The van der Waals surface area contributed by atoms with E-state index in [1.807, 2.05) is 26.1 Å². The Morgan fingerprint density at radius 2 is 1.86 bits per heavy atom. The zero-order chi connectivity index (χ0) is 20.7. The lowest BCUT2D eigenvalue weighted by atomic mass is 9.95. The quantitative estimate of drug-likeness (QED) is 0.532. The Morgan fingerprint density at radius 1 is 1.10 bits per heavy atom. The van der Waals surface area contributed by atoms with E-state index in [2.05, 4.69) is 41.6 Å². The number of carboxylic acids is 1. The van der Waals surface area contributed by atoms with Crippen LogP contribution in [0.1, 0.15) is 61.7 Å². The number of nitrogens with zero attached hydrogens (tertiary/aromatic N) is 2. The lowest BCUT2D eigenvalue weighted by molar-refractivity contribution is 0.0696. The van der Waals surface area contributed by atoms with Crippen LogP contribution in [0.3, 0.4) is 0 Å². The first kappa shape index (κ1) is 19.6. The van der Waals surface area contributed by atoms with E-state index in [0.29, 0.717) is 5.56 Å². The summed E-state index contributed by atoms with van der Waals surface area (Å²) in [5.41, 5.74) is 8.01. The molecule has 1 aliphatic rings. The molecule has 0 saturated carbocycles. The number of aryl methyl sites for hydroxylation is 4. The molecule has 2 aromatic heterocycles. The lowest BCUT2D eigenvalue weighted by Crippen LogP contribution is -2.09. The molecule has 0 aliphatic heterocycles. The third-order valence-electron chi connectivity index (χ3n) is 5.88. The molecule has 150 valence electrons. The van der Waals surface area contributed by atoms with Crippen molar-refractivity contribution in [1.82, 2.24) is 4.57 Å². The van der Waals surface area contributed by atoms with E-state index < -0.39 is 5.97 Å². The van der Waals surface area contributed by atoms with Crippen molar-refractivity contribution in [1.29, 1.82) is 0 Å². The summed E-state index contributed by atoms with van der Waals surface area (Å²) in [5.74, 6) is -0.822. The van der Waals surface area contributed by atoms with E-state index in [0.717, 1.165) is 58.9 Å². The molecule has 1 aromatic carbocycles. The molecular weight excluding hydrogens is 380 g/mol. The van der Waals surface area contributed by atoms with E-state index in [4.69, 9.17) is 0 Å². The van der Waals surface area contributed by atoms with Crippen molar-refractivity contribution >= 4 is 29.2 Å². The van der Waals surface area contributed by atoms with Gasteiger partial charge in [0, 0.05) is 28.0 Å². The molecule has 0 spiro atoms. The third-order valence-corrected chi connectivity index (χ3v) is 7.16. The molecule has 0 atom stereocenters. The second-order valence-electron chi connectivity index (χ2n) is 7.88. The molecule has 0 unspecified atom stereocenters. The summed E-state index contributed by atoms with van der Waals surface area (Å²) in [6.07, 6.45) is 5.95. The van der Waals surface area contributed by atoms with Gasteiger partial charge in [-0.05, 0) is 88.3 Å². The van der Waals surface area contributed by atoms with Crippen LogP contribution in [-0.4, -0.2) is 21.9 Å². The minimum atomic E-state index is -0.822. The van der Waals surface area contributed by atoms with Gasteiger partial charge in [0.05, 0.1) is 11.3 Å². The molecule has 1 N–H and O–H groups in total. The van der Waals surface area contributed by atoms with Crippen LogP contribution in [0.2, 0.25) is 0 Å². The van der Waals surface area contributed by atoms with E-state index in [1.165, 1.54) is 16.0 Å². The Kier molecular flexibility index (Phi) is 5.17. The van der Waals surface area contributed by atoms with Gasteiger partial charge < -0.3 is 9.67 Å². The largest absolute Gasteiger partial charge is 0.478 e. The van der Waals surface area contributed by atoms with Gasteiger partial charge in [0.25, 0.3) is 0 Å². The minimum Gasteiger partial charge on any atom is -0.478 e. The number of carbonyl (C=O) groups is 1. The number of aliphatic imine (C=N–C) groups is 1. The average molecular weight is 407 g/mol. The molecular formula is C24H26N2O2S. The van der Waals surface area contributed by atoms with Gasteiger partial charge >= 0.3 is 5.97 Å². The SMILES string of the molecule is Cc1ccc(N=Cc2cc(C)n(-c3sc4c(c3C(=O)O)CCCC4)c2C)cc1C. The Hall–Kier alpha value is -2.66. The molecule has 0 fully saturated rings. The maximum atomic E-state index is 12.1. The van der Waals surface area contributed by atoms with Crippen LogP contribution in [0, 0.1) is 27.7 Å². The molecule has 3 aromatic rings. The standard InChI is InChI=1S/C24H26N2O2S/c1-14-9-10-19(11-15(14)2)25-13-18-12-16(3)26(17(18)4)23-22(24(27)28)20-7-5-6-8-21(20)29-23/h9-13H,5-8H2,1-4H3,(H,27,28). The van der Waals surface area contributed by atoms with Crippen LogP contribution in [0.4, 0.5) is 5.69 Å². The molecule has 0 radical (unpaired) electrons. The lowest BCUT2D eigenvalue weighted by Gasteiger charge is -2.11. The first-order valence-corrected chi connectivity index (χ1v) is 10.9. The maximum Gasteiger partial charge on any atom is 0.339 e. The number of hydrogen-bond donors (Lipinski definition) is 1. The highest BCUT2D eigenvalue weighted by Crippen LogP contribution is 2.38. The number of aromatic nitrogens is 1.